The molecule has 6 nitrogen and oxygen atoms in total. The van der Waals surface area contributed by atoms with Crippen molar-refractivity contribution < 1.29 is 13.2 Å². The van der Waals surface area contributed by atoms with Gasteiger partial charge in [0, 0.05) is 30.6 Å². The number of para-hydroxylation sites is 1. The van der Waals surface area contributed by atoms with Crippen LogP contribution < -0.4 is 4.80 Å². The molecule has 0 atom stereocenters. The van der Waals surface area contributed by atoms with Gasteiger partial charge in [-0.15, -0.1) is 0 Å². The minimum absolute atomic E-state index is 0.166. The minimum atomic E-state index is -3.59. The highest BCUT2D eigenvalue weighted by Gasteiger charge is 2.32. The highest BCUT2D eigenvalue weighted by molar-refractivity contribution is 7.89. The lowest BCUT2D eigenvalue weighted by atomic mass is 9.98. The van der Waals surface area contributed by atoms with Gasteiger partial charge < -0.3 is 4.57 Å². The van der Waals surface area contributed by atoms with Gasteiger partial charge in [0.15, 0.2) is 4.80 Å². The lowest BCUT2D eigenvalue weighted by Gasteiger charge is -2.29. The first-order chi connectivity index (χ1) is 15.3. The molecule has 0 saturated carbocycles. The third kappa shape index (κ3) is 4.41. The van der Waals surface area contributed by atoms with E-state index < -0.39 is 10.0 Å². The number of fused-ring (bicyclic) bond motifs is 1. The number of amides is 1. The van der Waals surface area contributed by atoms with Crippen molar-refractivity contribution in [2.75, 3.05) is 13.1 Å². The Labute approximate surface area is 197 Å². The minimum Gasteiger partial charge on any atom is -0.316 e. The van der Waals surface area contributed by atoms with Crippen LogP contribution in [0.1, 0.15) is 32.3 Å². The number of carbonyl (C=O) groups excluding carboxylic acids is 1. The van der Waals surface area contributed by atoms with Gasteiger partial charge in [0.2, 0.25) is 10.0 Å². The van der Waals surface area contributed by atoms with Gasteiger partial charge in [0.1, 0.15) is 0 Å². The highest BCUT2D eigenvalue weighted by Crippen LogP contribution is 2.26. The largest absolute Gasteiger partial charge is 0.316 e. The summed E-state index contributed by atoms with van der Waals surface area (Å²) < 4.78 is 30.4. The molecule has 0 radical (unpaired) electrons. The fraction of sp³-hybridized carbons (Fsp3) is 0.391. The van der Waals surface area contributed by atoms with Crippen molar-refractivity contribution in [3.63, 3.8) is 0 Å². The molecule has 0 unspecified atom stereocenters. The molecule has 32 heavy (non-hydrogen) atoms. The summed E-state index contributed by atoms with van der Waals surface area (Å²) >= 11 is 7.41. The summed E-state index contributed by atoms with van der Waals surface area (Å²) in [6.07, 6.45) is 1.85. The van der Waals surface area contributed by atoms with Crippen LogP contribution in [0.5, 0.6) is 0 Å². The van der Waals surface area contributed by atoms with Crippen molar-refractivity contribution in [2.45, 2.75) is 44.6 Å². The summed E-state index contributed by atoms with van der Waals surface area (Å²) in [5, 5.41) is 0.492. The van der Waals surface area contributed by atoms with Crippen LogP contribution in [0.25, 0.3) is 10.2 Å². The molecular formula is C23H26ClN3O3S2. The van der Waals surface area contributed by atoms with Gasteiger partial charge in [0.25, 0.3) is 5.91 Å². The van der Waals surface area contributed by atoms with Gasteiger partial charge in [-0.05, 0) is 62.1 Å². The number of hydrogen-bond donors (Lipinski definition) is 0. The molecule has 1 saturated heterocycles. The first-order valence-electron chi connectivity index (χ1n) is 10.8. The number of hydrogen-bond acceptors (Lipinski definition) is 4. The average Bonchev–Trinajstić information content (AvgIpc) is 3.16. The van der Waals surface area contributed by atoms with E-state index in [1.54, 1.807) is 12.1 Å². The summed E-state index contributed by atoms with van der Waals surface area (Å²) in [4.78, 5) is 18.4. The maximum Gasteiger partial charge on any atom is 0.251 e. The van der Waals surface area contributed by atoms with Crippen LogP contribution in [0.4, 0.5) is 0 Å². The molecule has 0 aliphatic carbocycles. The SMILES string of the molecule is CCc1cccc2sc(=NC(=O)C3CCN(S(=O)(=O)c4ccc(Cl)cc4)CC3)n(CC)c12. The molecule has 1 amide bonds. The van der Waals surface area contributed by atoms with Gasteiger partial charge in [-0.1, -0.05) is 42.0 Å². The molecule has 170 valence electrons. The number of benzene rings is 2. The number of thiazole rings is 1. The number of aromatic nitrogens is 1. The fourth-order valence-electron chi connectivity index (χ4n) is 4.15. The number of piperidine rings is 1. The molecule has 2 aromatic carbocycles. The van der Waals surface area contributed by atoms with E-state index in [1.807, 2.05) is 6.07 Å². The molecule has 9 heteroatoms. The van der Waals surface area contributed by atoms with E-state index in [4.69, 9.17) is 11.6 Å². The summed E-state index contributed by atoms with van der Waals surface area (Å²) in [5.74, 6) is -0.437. The predicted octanol–water partition coefficient (Wildman–Crippen LogP) is 4.47. The molecule has 4 rings (SSSR count). The first-order valence-corrected chi connectivity index (χ1v) is 13.4. The van der Waals surface area contributed by atoms with Crippen molar-refractivity contribution >= 4 is 49.1 Å². The Hall–Kier alpha value is -2.00. The van der Waals surface area contributed by atoms with E-state index in [1.165, 1.54) is 33.3 Å². The highest BCUT2D eigenvalue weighted by atomic mass is 35.5. The third-order valence-electron chi connectivity index (χ3n) is 5.94. The van der Waals surface area contributed by atoms with Crippen LogP contribution in [0.3, 0.4) is 0 Å². The fourth-order valence-corrected chi connectivity index (χ4v) is 6.89. The van der Waals surface area contributed by atoms with Crippen LogP contribution >= 0.6 is 22.9 Å². The number of aryl methyl sites for hydroxylation is 2. The van der Waals surface area contributed by atoms with E-state index in [2.05, 4.69) is 35.5 Å². The van der Waals surface area contributed by atoms with Crippen molar-refractivity contribution in [3.05, 3.63) is 57.9 Å². The molecule has 0 spiro atoms. The van der Waals surface area contributed by atoms with Crippen LogP contribution in [0.15, 0.2) is 52.4 Å². The van der Waals surface area contributed by atoms with Gasteiger partial charge in [-0.3, -0.25) is 4.79 Å². The molecule has 0 bridgehead atoms. The first kappa shape index (κ1) is 23.2. The maximum atomic E-state index is 13.0. The molecule has 0 N–H and O–H groups in total. The second-order valence-corrected chi connectivity index (χ2v) is 11.2. The molecule has 1 fully saturated rings. The van der Waals surface area contributed by atoms with E-state index in [0.29, 0.717) is 35.8 Å². The Morgan fingerprint density at radius 2 is 1.81 bits per heavy atom. The average molecular weight is 492 g/mol. The standard InChI is InChI=1S/C23H26ClN3O3S2/c1-3-16-6-5-7-20-21(16)27(4-2)23(31-20)25-22(28)17-12-14-26(15-13-17)32(29,30)19-10-8-18(24)9-11-19/h5-11,17H,3-4,12-15H2,1-2H3. The number of rotatable bonds is 5. The molecule has 1 aliphatic heterocycles. The Balaban J connectivity index is 1.53. The summed E-state index contributed by atoms with van der Waals surface area (Å²) in [7, 11) is -3.59. The smallest absolute Gasteiger partial charge is 0.251 e. The zero-order chi connectivity index (χ0) is 22.9. The molecular weight excluding hydrogens is 466 g/mol. The maximum absolute atomic E-state index is 13.0. The third-order valence-corrected chi connectivity index (χ3v) is 9.15. The van der Waals surface area contributed by atoms with E-state index in [-0.39, 0.29) is 16.7 Å². The van der Waals surface area contributed by atoms with Crippen LogP contribution in [-0.4, -0.2) is 36.3 Å². The lowest BCUT2D eigenvalue weighted by molar-refractivity contribution is -0.122. The lowest BCUT2D eigenvalue weighted by Crippen LogP contribution is -2.40. The van der Waals surface area contributed by atoms with Gasteiger partial charge in [-0.25, -0.2) is 8.42 Å². The second-order valence-electron chi connectivity index (χ2n) is 7.83. The predicted molar refractivity (Wildman–Crippen MR) is 128 cm³/mol. The summed E-state index contributed by atoms with van der Waals surface area (Å²) in [5.41, 5.74) is 2.40. The Bertz CT molecular complexity index is 1300. The van der Waals surface area contributed by atoms with Gasteiger partial charge in [-0.2, -0.15) is 9.30 Å². The normalized spacial score (nSPS) is 16.7. The Kier molecular flexibility index (Phi) is 6.86. The Morgan fingerprint density at radius 1 is 1.12 bits per heavy atom. The van der Waals surface area contributed by atoms with E-state index in [0.717, 1.165) is 23.2 Å². The van der Waals surface area contributed by atoms with Crippen LogP contribution in [0, 0.1) is 5.92 Å². The number of halogens is 1. The zero-order valence-corrected chi connectivity index (χ0v) is 20.5. The number of sulfonamides is 1. The van der Waals surface area contributed by atoms with Crippen LogP contribution in [0.2, 0.25) is 5.02 Å². The number of carbonyl (C=O) groups is 1. The molecule has 1 aliphatic rings. The van der Waals surface area contributed by atoms with Gasteiger partial charge >= 0.3 is 0 Å². The molecule has 1 aromatic heterocycles. The number of nitrogens with zero attached hydrogens (tertiary/aromatic N) is 3. The quantitative estimate of drug-likeness (QED) is 0.528. The van der Waals surface area contributed by atoms with Crippen molar-refractivity contribution in [1.29, 1.82) is 0 Å². The second kappa shape index (κ2) is 9.47. The zero-order valence-electron chi connectivity index (χ0n) is 18.1. The van der Waals surface area contributed by atoms with Crippen molar-refractivity contribution in [1.82, 2.24) is 8.87 Å². The van der Waals surface area contributed by atoms with E-state index >= 15 is 0 Å². The Morgan fingerprint density at radius 3 is 2.44 bits per heavy atom. The monoisotopic (exact) mass is 491 g/mol. The van der Waals surface area contributed by atoms with Crippen molar-refractivity contribution in [3.8, 4) is 0 Å². The summed E-state index contributed by atoms with van der Waals surface area (Å²) in [6, 6.07) is 12.4. The van der Waals surface area contributed by atoms with Crippen LogP contribution in [-0.2, 0) is 27.8 Å². The molecule has 3 aromatic rings. The summed E-state index contributed by atoms with van der Waals surface area (Å²) in [6.45, 7) is 5.53. The van der Waals surface area contributed by atoms with Gasteiger partial charge in [0.05, 0.1) is 15.1 Å². The molecule has 2 heterocycles. The van der Waals surface area contributed by atoms with E-state index in [9.17, 15) is 13.2 Å². The van der Waals surface area contributed by atoms with Crippen molar-refractivity contribution in [2.24, 2.45) is 10.9 Å². The topological polar surface area (TPSA) is 71.7 Å².